The smallest absolute Gasteiger partial charge is 0.155 e. The summed E-state index contributed by atoms with van der Waals surface area (Å²) in [5.41, 5.74) is 2.17. The number of benzene rings is 2. The van der Waals surface area contributed by atoms with E-state index in [0.29, 0.717) is 13.2 Å². The Morgan fingerprint density at radius 1 is 0.864 bits per heavy atom. The molecule has 0 fully saturated rings. The monoisotopic (exact) mass is 300 g/mol. The van der Waals surface area contributed by atoms with Crippen LogP contribution in [-0.4, -0.2) is 12.4 Å². The molecular formula is C19H24O3. The van der Waals surface area contributed by atoms with Gasteiger partial charge in [0.25, 0.3) is 0 Å². The molecule has 0 unspecified atom stereocenters. The first kappa shape index (κ1) is 17.9. The Balaban J connectivity index is 0.00000116. The van der Waals surface area contributed by atoms with Crippen LogP contribution in [0.3, 0.4) is 0 Å². The van der Waals surface area contributed by atoms with Crippen LogP contribution in [0.25, 0.3) is 0 Å². The lowest BCUT2D eigenvalue weighted by atomic mass is 10.2. The van der Waals surface area contributed by atoms with Crippen molar-refractivity contribution >= 4 is 5.78 Å². The van der Waals surface area contributed by atoms with E-state index in [1.165, 1.54) is 6.92 Å². The second kappa shape index (κ2) is 10.6. The molecule has 2 aromatic carbocycles. The number of rotatable bonds is 7. The van der Waals surface area contributed by atoms with Gasteiger partial charge in [-0.1, -0.05) is 56.3 Å². The molecule has 3 nitrogen and oxygen atoms in total. The zero-order valence-corrected chi connectivity index (χ0v) is 13.5. The first-order chi connectivity index (χ1) is 10.7. The predicted octanol–water partition coefficient (Wildman–Crippen LogP) is 4.40. The van der Waals surface area contributed by atoms with Gasteiger partial charge < -0.3 is 9.47 Å². The lowest BCUT2D eigenvalue weighted by Crippen LogP contribution is -2.03. The molecule has 2 rings (SSSR count). The molecule has 22 heavy (non-hydrogen) atoms. The Kier molecular flexibility index (Phi) is 8.61. The fraction of sp³-hybridized carbons (Fsp3) is 0.316. The van der Waals surface area contributed by atoms with Gasteiger partial charge in [-0.2, -0.15) is 0 Å². The number of ketones is 1. The van der Waals surface area contributed by atoms with Gasteiger partial charge in [0.15, 0.2) is 5.78 Å². The Labute approximate surface area is 132 Å². The van der Waals surface area contributed by atoms with E-state index >= 15 is 0 Å². The summed E-state index contributed by atoms with van der Waals surface area (Å²) in [5.74, 6) is 0.858. The molecular weight excluding hydrogens is 276 g/mol. The Morgan fingerprint density at radius 2 is 1.45 bits per heavy atom. The largest absolute Gasteiger partial charge is 0.489 e. The molecule has 0 aromatic heterocycles. The van der Waals surface area contributed by atoms with E-state index < -0.39 is 0 Å². The molecule has 0 radical (unpaired) electrons. The van der Waals surface area contributed by atoms with Crippen LogP contribution >= 0.6 is 0 Å². The van der Waals surface area contributed by atoms with Gasteiger partial charge in [0.2, 0.25) is 0 Å². The van der Waals surface area contributed by atoms with Gasteiger partial charge in [0.05, 0.1) is 6.61 Å². The maximum Gasteiger partial charge on any atom is 0.155 e. The van der Waals surface area contributed by atoms with Crippen molar-refractivity contribution in [2.24, 2.45) is 0 Å². The zero-order valence-electron chi connectivity index (χ0n) is 13.5. The molecule has 0 amide bonds. The van der Waals surface area contributed by atoms with Crippen LogP contribution in [0, 0.1) is 0 Å². The minimum absolute atomic E-state index is 0.0350. The molecule has 0 aliphatic heterocycles. The predicted molar refractivity (Wildman–Crippen MR) is 88.9 cm³/mol. The topological polar surface area (TPSA) is 35.5 Å². The maximum absolute atomic E-state index is 10.8. The lowest BCUT2D eigenvalue weighted by molar-refractivity contribution is -0.121. The summed E-state index contributed by atoms with van der Waals surface area (Å²) in [4.78, 5) is 10.8. The molecule has 0 aliphatic carbocycles. The summed E-state index contributed by atoms with van der Waals surface area (Å²) in [6, 6.07) is 17.8. The quantitative estimate of drug-likeness (QED) is 0.760. The Hall–Kier alpha value is -2.13. The van der Waals surface area contributed by atoms with E-state index in [4.69, 9.17) is 9.47 Å². The molecule has 118 valence electrons. The van der Waals surface area contributed by atoms with Gasteiger partial charge in [-0.3, -0.25) is 4.79 Å². The van der Waals surface area contributed by atoms with E-state index in [0.717, 1.165) is 16.9 Å². The van der Waals surface area contributed by atoms with E-state index in [9.17, 15) is 4.79 Å². The first-order valence-corrected chi connectivity index (χ1v) is 7.57. The highest BCUT2D eigenvalue weighted by Gasteiger charge is 1.98. The normalized spacial score (nSPS) is 9.59. The third-order valence-corrected chi connectivity index (χ3v) is 2.75. The summed E-state index contributed by atoms with van der Waals surface area (Å²) < 4.78 is 11.0. The van der Waals surface area contributed by atoms with Crippen LogP contribution in [0.5, 0.6) is 5.75 Å². The van der Waals surface area contributed by atoms with Gasteiger partial charge in [0.1, 0.15) is 19.0 Å². The highest BCUT2D eigenvalue weighted by atomic mass is 16.5. The van der Waals surface area contributed by atoms with Gasteiger partial charge in [-0.15, -0.1) is 0 Å². The number of hydrogen-bond donors (Lipinski definition) is 0. The maximum atomic E-state index is 10.8. The molecule has 0 aliphatic rings. The molecule has 0 spiro atoms. The van der Waals surface area contributed by atoms with Crippen LogP contribution in [0.1, 0.15) is 31.9 Å². The highest BCUT2D eigenvalue weighted by Crippen LogP contribution is 2.14. The van der Waals surface area contributed by atoms with Gasteiger partial charge in [-0.25, -0.2) is 0 Å². The van der Waals surface area contributed by atoms with Gasteiger partial charge in [0, 0.05) is 0 Å². The van der Waals surface area contributed by atoms with Crippen molar-refractivity contribution in [2.45, 2.75) is 34.0 Å². The van der Waals surface area contributed by atoms with E-state index in [-0.39, 0.29) is 12.4 Å². The number of ether oxygens (including phenoxy) is 2. The summed E-state index contributed by atoms with van der Waals surface area (Å²) in [6.07, 6.45) is 0. The van der Waals surface area contributed by atoms with Gasteiger partial charge in [-0.05, 0) is 30.2 Å². The number of hydrogen-bond acceptors (Lipinski definition) is 3. The summed E-state index contributed by atoms with van der Waals surface area (Å²) >= 11 is 0. The summed E-state index contributed by atoms with van der Waals surface area (Å²) in [5, 5.41) is 0. The fourth-order valence-corrected chi connectivity index (χ4v) is 1.74. The molecule has 3 heteroatoms. The SMILES string of the molecule is CC.CC(=O)COCc1ccc(OCc2ccccc2)cc1. The third-order valence-electron chi connectivity index (χ3n) is 2.75. The van der Waals surface area contributed by atoms with Crippen molar-refractivity contribution < 1.29 is 14.3 Å². The van der Waals surface area contributed by atoms with Crippen molar-refractivity contribution in [1.29, 1.82) is 0 Å². The highest BCUT2D eigenvalue weighted by molar-refractivity contribution is 5.76. The third kappa shape index (κ3) is 7.04. The van der Waals surface area contributed by atoms with Crippen LogP contribution < -0.4 is 4.74 Å². The van der Waals surface area contributed by atoms with Crippen molar-refractivity contribution in [3.05, 3.63) is 65.7 Å². The minimum Gasteiger partial charge on any atom is -0.489 e. The van der Waals surface area contributed by atoms with Crippen molar-refractivity contribution in [2.75, 3.05) is 6.61 Å². The number of carbonyl (C=O) groups excluding carboxylic acids is 1. The standard InChI is InChI=1S/C17H18O3.C2H6/c1-14(18)11-19-12-16-7-9-17(10-8-16)20-13-15-5-3-2-4-6-15;1-2/h2-10H,11-13H2,1H3;1-2H3. The molecule has 0 heterocycles. The lowest BCUT2D eigenvalue weighted by Gasteiger charge is -2.07. The average molecular weight is 300 g/mol. The Morgan fingerprint density at radius 3 is 2.05 bits per heavy atom. The summed E-state index contributed by atoms with van der Waals surface area (Å²) in [7, 11) is 0. The molecule has 0 saturated heterocycles. The second-order valence-electron chi connectivity index (χ2n) is 4.61. The summed E-state index contributed by atoms with van der Waals surface area (Å²) in [6.45, 7) is 6.67. The van der Waals surface area contributed by atoms with E-state index in [2.05, 4.69) is 0 Å². The zero-order chi connectivity index (χ0) is 16.2. The fourth-order valence-electron chi connectivity index (χ4n) is 1.74. The van der Waals surface area contributed by atoms with Crippen molar-refractivity contribution in [3.8, 4) is 5.75 Å². The first-order valence-electron chi connectivity index (χ1n) is 7.57. The van der Waals surface area contributed by atoms with Crippen LogP contribution in [0.2, 0.25) is 0 Å². The average Bonchev–Trinajstić information content (AvgIpc) is 2.57. The molecule has 0 N–H and O–H groups in total. The van der Waals surface area contributed by atoms with Gasteiger partial charge >= 0.3 is 0 Å². The van der Waals surface area contributed by atoms with E-state index in [1.807, 2.05) is 68.4 Å². The molecule has 0 atom stereocenters. The minimum atomic E-state index is 0.0350. The number of carbonyl (C=O) groups is 1. The van der Waals surface area contributed by atoms with Crippen molar-refractivity contribution in [3.63, 3.8) is 0 Å². The van der Waals surface area contributed by atoms with E-state index in [1.54, 1.807) is 0 Å². The molecule has 0 saturated carbocycles. The Bertz CT molecular complexity index is 532. The number of Topliss-reactive ketones (excluding diaryl/α,β-unsaturated/α-hetero) is 1. The molecule has 2 aromatic rings. The van der Waals surface area contributed by atoms with Crippen LogP contribution in [0.4, 0.5) is 0 Å². The van der Waals surface area contributed by atoms with Crippen LogP contribution in [-0.2, 0) is 22.7 Å². The second-order valence-corrected chi connectivity index (χ2v) is 4.61. The van der Waals surface area contributed by atoms with Crippen molar-refractivity contribution in [1.82, 2.24) is 0 Å². The van der Waals surface area contributed by atoms with Crippen LogP contribution in [0.15, 0.2) is 54.6 Å². The molecule has 0 bridgehead atoms.